The molecule has 0 saturated heterocycles. The summed E-state index contributed by atoms with van der Waals surface area (Å²) in [6.45, 7) is 8.64. The number of Topliss-reactive ketones (excluding diaryl/α,β-unsaturated/α-hetero) is 1. The summed E-state index contributed by atoms with van der Waals surface area (Å²) in [6, 6.07) is 6.81. The summed E-state index contributed by atoms with van der Waals surface area (Å²) < 4.78 is 0. The fourth-order valence-electron chi connectivity index (χ4n) is 2.56. The number of carbonyl (C=O) groups is 2. The normalized spacial score (nSPS) is 11.3. The molecule has 0 atom stereocenters. The highest BCUT2D eigenvalue weighted by Crippen LogP contribution is 2.23. The van der Waals surface area contributed by atoms with Gasteiger partial charge in [0.15, 0.2) is 5.78 Å². The van der Waals surface area contributed by atoms with Gasteiger partial charge in [0, 0.05) is 41.3 Å². The molecule has 1 amide bonds. The van der Waals surface area contributed by atoms with Crippen LogP contribution in [-0.4, -0.2) is 21.9 Å². The molecule has 0 fully saturated rings. The molecule has 0 aliphatic rings. The third-order valence-electron chi connectivity index (χ3n) is 3.82. The Balaban J connectivity index is 2.01. The molecule has 1 aromatic carbocycles. The smallest absolute Gasteiger partial charge is 0.251 e. The van der Waals surface area contributed by atoms with Crippen molar-refractivity contribution in [1.29, 1.82) is 0 Å². The molecule has 5 heteroatoms. The van der Waals surface area contributed by atoms with Gasteiger partial charge >= 0.3 is 0 Å². The van der Waals surface area contributed by atoms with Crippen molar-refractivity contribution in [2.24, 2.45) is 0 Å². The summed E-state index contributed by atoms with van der Waals surface area (Å²) in [5.41, 5.74) is 3.04. The first-order valence-corrected chi connectivity index (χ1v) is 8.27. The molecule has 0 saturated carbocycles. The number of hydrogen-bond acceptors (Lipinski definition) is 3. The van der Waals surface area contributed by atoms with Crippen LogP contribution in [0.4, 0.5) is 0 Å². The summed E-state index contributed by atoms with van der Waals surface area (Å²) in [5, 5.41) is 10.0. The van der Waals surface area contributed by atoms with Gasteiger partial charge in [-0.1, -0.05) is 39.8 Å². The lowest BCUT2D eigenvalue weighted by atomic mass is 9.89. The summed E-state index contributed by atoms with van der Waals surface area (Å²) in [6.07, 6.45) is 3.16. The lowest BCUT2D eigenvalue weighted by molar-refractivity contribution is 0.0946. The van der Waals surface area contributed by atoms with E-state index in [1.165, 1.54) is 0 Å². The maximum Gasteiger partial charge on any atom is 0.251 e. The van der Waals surface area contributed by atoms with E-state index in [9.17, 15) is 9.59 Å². The molecule has 0 spiro atoms. The van der Waals surface area contributed by atoms with Crippen LogP contribution in [0.15, 0.2) is 30.5 Å². The first-order chi connectivity index (χ1) is 11.3. The number of amides is 1. The standard InChI is InChI=1S/C19H25N3O2/c1-5-6-16(23)13-7-9-14(10-8-13)18(24)20-11-15-12-21-22-17(15)19(2,3)4/h7-10,12H,5-6,11H2,1-4H3,(H,20,24)(H,21,22). The number of nitrogens with one attached hydrogen (secondary N) is 2. The van der Waals surface area contributed by atoms with Gasteiger partial charge in [-0.05, 0) is 18.6 Å². The van der Waals surface area contributed by atoms with Gasteiger partial charge < -0.3 is 5.32 Å². The first-order valence-electron chi connectivity index (χ1n) is 8.27. The molecule has 2 N–H and O–H groups in total. The van der Waals surface area contributed by atoms with Crippen LogP contribution in [0, 0.1) is 0 Å². The van der Waals surface area contributed by atoms with Crippen LogP contribution in [0.3, 0.4) is 0 Å². The minimum Gasteiger partial charge on any atom is -0.348 e. The Morgan fingerprint density at radius 1 is 1.12 bits per heavy atom. The SMILES string of the molecule is CCCC(=O)c1ccc(C(=O)NCc2c[nH]nc2C(C)(C)C)cc1. The van der Waals surface area contributed by atoms with Crippen LogP contribution in [0.25, 0.3) is 0 Å². The van der Waals surface area contributed by atoms with Crippen LogP contribution >= 0.6 is 0 Å². The number of nitrogens with zero attached hydrogens (tertiary/aromatic N) is 1. The average Bonchev–Trinajstić information content (AvgIpc) is 3.02. The van der Waals surface area contributed by atoms with E-state index < -0.39 is 0 Å². The monoisotopic (exact) mass is 327 g/mol. The minimum absolute atomic E-state index is 0.0820. The first kappa shape index (κ1) is 17.9. The molecule has 0 bridgehead atoms. The molecule has 128 valence electrons. The lowest BCUT2D eigenvalue weighted by Gasteiger charge is -2.17. The van der Waals surface area contributed by atoms with E-state index in [0.717, 1.165) is 17.7 Å². The zero-order valence-corrected chi connectivity index (χ0v) is 14.8. The molecule has 2 rings (SSSR count). The van der Waals surface area contributed by atoms with Gasteiger partial charge in [-0.25, -0.2) is 0 Å². The van der Waals surface area contributed by atoms with E-state index in [1.807, 2.05) is 13.1 Å². The fraction of sp³-hybridized carbons (Fsp3) is 0.421. The van der Waals surface area contributed by atoms with Gasteiger partial charge in [0.05, 0.1) is 5.69 Å². The van der Waals surface area contributed by atoms with Gasteiger partial charge in [0.2, 0.25) is 0 Å². The van der Waals surface area contributed by atoms with Crippen LogP contribution in [0.5, 0.6) is 0 Å². The van der Waals surface area contributed by atoms with Crippen molar-refractivity contribution in [3.63, 3.8) is 0 Å². The number of aromatic nitrogens is 2. The second-order valence-corrected chi connectivity index (χ2v) is 6.94. The van der Waals surface area contributed by atoms with Crippen molar-refractivity contribution in [1.82, 2.24) is 15.5 Å². The van der Waals surface area contributed by atoms with E-state index >= 15 is 0 Å². The predicted octanol–water partition coefficient (Wildman–Crippen LogP) is 3.62. The van der Waals surface area contributed by atoms with Crippen molar-refractivity contribution < 1.29 is 9.59 Å². The zero-order chi connectivity index (χ0) is 17.7. The number of ketones is 1. The van der Waals surface area contributed by atoms with Crippen LogP contribution in [-0.2, 0) is 12.0 Å². The average molecular weight is 327 g/mol. The predicted molar refractivity (Wildman–Crippen MR) is 94.1 cm³/mol. The molecule has 24 heavy (non-hydrogen) atoms. The molecule has 5 nitrogen and oxygen atoms in total. The van der Waals surface area contributed by atoms with E-state index in [4.69, 9.17) is 0 Å². The van der Waals surface area contributed by atoms with Gasteiger partial charge in [0.1, 0.15) is 0 Å². The third kappa shape index (κ3) is 4.31. The summed E-state index contributed by atoms with van der Waals surface area (Å²) in [7, 11) is 0. The second kappa shape index (κ2) is 7.43. The largest absolute Gasteiger partial charge is 0.348 e. The number of rotatable bonds is 6. The number of aromatic amines is 1. The van der Waals surface area contributed by atoms with Gasteiger partial charge in [-0.2, -0.15) is 5.10 Å². The number of benzene rings is 1. The highest BCUT2D eigenvalue weighted by Gasteiger charge is 2.21. The molecule has 0 aliphatic heterocycles. The van der Waals surface area contributed by atoms with Crippen molar-refractivity contribution >= 4 is 11.7 Å². The highest BCUT2D eigenvalue weighted by atomic mass is 16.1. The topological polar surface area (TPSA) is 74.8 Å². The Kier molecular flexibility index (Phi) is 5.54. The van der Waals surface area contributed by atoms with Crippen LogP contribution in [0.1, 0.15) is 72.5 Å². The summed E-state index contributed by atoms with van der Waals surface area (Å²) in [5.74, 6) is -0.0526. The molecular weight excluding hydrogens is 302 g/mol. The quantitative estimate of drug-likeness (QED) is 0.796. The van der Waals surface area contributed by atoms with Crippen LogP contribution in [0.2, 0.25) is 0 Å². The number of hydrogen-bond donors (Lipinski definition) is 2. The summed E-state index contributed by atoms with van der Waals surface area (Å²) >= 11 is 0. The number of H-pyrrole nitrogens is 1. The van der Waals surface area contributed by atoms with Crippen molar-refractivity contribution in [3.8, 4) is 0 Å². The van der Waals surface area contributed by atoms with Crippen molar-refractivity contribution in [2.45, 2.75) is 52.5 Å². The maximum absolute atomic E-state index is 12.3. The Labute approximate surface area is 142 Å². The molecule has 2 aromatic rings. The summed E-state index contributed by atoms with van der Waals surface area (Å²) in [4.78, 5) is 24.1. The van der Waals surface area contributed by atoms with Crippen molar-refractivity contribution in [2.75, 3.05) is 0 Å². The van der Waals surface area contributed by atoms with Gasteiger partial charge in [0.25, 0.3) is 5.91 Å². The van der Waals surface area contributed by atoms with E-state index in [2.05, 4.69) is 36.3 Å². The molecular formula is C19H25N3O2. The molecule has 1 aromatic heterocycles. The third-order valence-corrected chi connectivity index (χ3v) is 3.82. The second-order valence-electron chi connectivity index (χ2n) is 6.94. The zero-order valence-electron chi connectivity index (χ0n) is 14.8. The van der Waals surface area contributed by atoms with E-state index in [0.29, 0.717) is 24.1 Å². The Bertz CT molecular complexity index is 709. The molecule has 1 heterocycles. The minimum atomic E-state index is -0.162. The lowest BCUT2D eigenvalue weighted by Crippen LogP contribution is -2.24. The van der Waals surface area contributed by atoms with Crippen LogP contribution < -0.4 is 5.32 Å². The van der Waals surface area contributed by atoms with Gasteiger partial charge in [-0.15, -0.1) is 0 Å². The molecule has 0 radical (unpaired) electrons. The Hall–Kier alpha value is -2.43. The Morgan fingerprint density at radius 2 is 1.75 bits per heavy atom. The molecule has 0 unspecified atom stereocenters. The van der Waals surface area contributed by atoms with E-state index in [1.54, 1.807) is 24.3 Å². The highest BCUT2D eigenvalue weighted by molar-refractivity contribution is 5.98. The van der Waals surface area contributed by atoms with Gasteiger partial charge in [-0.3, -0.25) is 14.7 Å². The maximum atomic E-state index is 12.3. The van der Waals surface area contributed by atoms with E-state index in [-0.39, 0.29) is 17.1 Å². The van der Waals surface area contributed by atoms with Crippen molar-refractivity contribution in [3.05, 3.63) is 52.8 Å². The molecule has 0 aliphatic carbocycles. The number of carbonyl (C=O) groups excluding carboxylic acids is 2. The fourth-order valence-corrected chi connectivity index (χ4v) is 2.56. The Morgan fingerprint density at radius 3 is 2.33 bits per heavy atom.